The Morgan fingerprint density at radius 2 is 1.39 bits per heavy atom. The molecule has 4 aromatic rings. The van der Waals surface area contributed by atoms with Gasteiger partial charge in [-0.3, -0.25) is 5.32 Å². The molecule has 0 saturated carbocycles. The molecule has 0 aliphatic carbocycles. The van der Waals surface area contributed by atoms with Gasteiger partial charge in [0.15, 0.2) is 5.82 Å². The number of aromatic amines is 1. The van der Waals surface area contributed by atoms with Crippen LogP contribution in [0.4, 0.5) is 0 Å². The molecule has 9 heteroatoms. The van der Waals surface area contributed by atoms with Crippen LogP contribution in [-0.2, 0) is 11.0 Å². The Morgan fingerprint density at radius 1 is 0.839 bits per heavy atom. The van der Waals surface area contributed by atoms with E-state index in [1.165, 1.54) is 0 Å². The molecule has 1 atom stereocenters. The van der Waals surface area contributed by atoms with Gasteiger partial charge in [0.05, 0.1) is 6.04 Å². The van der Waals surface area contributed by atoms with Crippen LogP contribution in [-0.4, -0.2) is 26.9 Å². The van der Waals surface area contributed by atoms with E-state index < -0.39 is 7.60 Å². The van der Waals surface area contributed by atoms with Crippen LogP contribution in [0.15, 0.2) is 91.0 Å². The topological polar surface area (TPSA) is 102 Å². The summed E-state index contributed by atoms with van der Waals surface area (Å²) in [6, 6.07) is 27.5. The molecule has 8 nitrogen and oxygen atoms in total. The van der Waals surface area contributed by atoms with Gasteiger partial charge in [0.2, 0.25) is 0 Å². The SMILES string of the molecule is O=P(CN[C@@H](Cc1ccccc1)c1nnn[nH]1)(Oc1ccccc1)Oc1ccccc1. The average molecular weight is 435 g/mol. The van der Waals surface area contributed by atoms with Crippen molar-refractivity contribution >= 4 is 7.60 Å². The molecule has 0 spiro atoms. The van der Waals surface area contributed by atoms with Crippen LogP contribution >= 0.6 is 7.60 Å². The fourth-order valence-electron chi connectivity index (χ4n) is 3.02. The van der Waals surface area contributed by atoms with Crippen LogP contribution in [0.3, 0.4) is 0 Å². The first kappa shape index (κ1) is 20.8. The Morgan fingerprint density at radius 3 is 1.90 bits per heavy atom. The molecule has 1 aromatic heterocycles. The average Bonchev–Trinajstić information content (AvgIpc) is 3.33. The summed E-state index contributed by atoms with van der Waals surface area (Å²) < 4.78 is 25.4. The molecule has 31 heavy (non-hydrogen) atoms. The summed E-state index contributed by atoms with van der Waals surface area (Å²) in [5, 5.41) is 17.4. The standard InChI is InChI=1S/C22H22N5O3P/c28-31(29-19-12-6-2-7-13-19,30-20-14-8-3-9-15-20)17-23-21(22-24-26-27-25-22)16-18-10-4-1-5-11-18/h1-15,21,23H,16-17H2,(H,24,25,26,27)/t21-/m0/s1. The molecule has 0 radical (unpaired) electrons. The zero-order valence-electron chi connectivity index (χ0n) is 16.7. The lowest BCUT2D eigenvalue weighted by Gasteiger charge is -2.23. The fourth-order valence-corrected chi connectivity index (χ4v) is 4.51. The Balaban J connectivity index is 1.54. The monoisotopic (exact) mass is 435 g/mol. The number of tetrazole rings is 1. The Kier molecular flexibility index (Phi) is 6.72. The molecule has 0 saturated heterocycles. The van der Waals surface area contributed by atoms with Crippen LogP contribution in [0.25, 0.3) is 0 Å². The van der Waals surface area contributed by atoms with E-state index in [9.17, 15) is 4.57 Å². The maximum absolute atomic E-state index is 13.7. The number of hydrogen-bond donors (Lipinski definition) is 2. The van der Waals surface area contributed by atoms with Gasteiger partial charge in [-0.2, -0.15) is 0 Å². The zero-order valence-corrected chi connectivity index (χ0v) is 17.6. The smallest absolute Gasteiger partial charge is 0.415 e. The maximum Gasteiger partial charge on any atom is 0.444 e. The van der Waals surface area contributed by atoms with Crippen molar-refractivity contribution in [1.82, 2.24) is 25.9 Å². The van der Waals surface area contributed by atoms with Crippen molar-refractivity contribution < 1.29 is 13.6 Å². The second kappa shape index (κ2) is 10.0. The first-order valence-electron chi connectivity index (χ1n) is 9.79. The highest BCUT2D eigenvalue weighted by Crippen LogP contribution is 2.47. The highest BCUT2D eigenvalue weighted by atomic mass is 31.2. The summed E-state index contributed by atoms with van der Waals surface area (Å²) in [4.78, 5) is 0. The van der Waals surface area contributed by atoms with Crippen LogP contribution < -0.4 is 14.4 Å². The van der Waals surface area contributed by atoms with Crippen molar-refractivity contribution in [2.24, 2.45) is 0 Å². The number of para-hydroxylation sites is 2. The molecule has 2 N–H and O–H groups in total. The normalized spacial score (nSPS) is 12.3. The highest BCUT2D eigenvalue weighted by molar-refractivity contribution is 7.54. The third-order valence-electron chi connectivity index (χ3n) is 4.48. The van der Waals surface area contributed by atoms with Crippen molar-refractivity contribution in [3.8, 4) is 11.5 Å². The lowest BCUT2D eigenvalue weighted by atomic mass is 10.1. The number of H-pyrrole nitrogens is 1. The minimum atomic E-state index is -3.62. The summed E-state index contributed by atoms with van der Waals surface area (Å²) in [6.07, 6.45) is 0.545. The first-order chi connectivity index (χ1) is 15.2. The van der Waals surface area contributed by atoms with E-state index in [0.29, 0.717) is 23.7 Å². The Hall–Kier alpha value is -3.48. The Labute approximate surface area is 180 Å². The summed E-state index contributed by atoms with van der Waals surface area (Å²) in [5.41, 5.74) is 1.08. The van der Waals surface area contributed by atoms with Crippen molar-refractivity contribution in [3.63, 3.8) is 0 Å². The van der Waals surface area contributed by atoms with E-state index in [2.05, 4.69) is 25.9 Å². The van der Waals surface area contributed by atoms with Gasteiger partial charge in [-0.1, -0.05) is 66.7 Å². The minimum Gasteiger partial charge on any atom is -0.415 e. The van der Waals surface area contributed by atoms with Gasteiger partial charge in [-0.25, -0.2) is 9.66 Å². The van der Waals surface area contributed by atoms with Crippen LogP contribution in [0.2, 0.25) is 0 Å². The van der Waals surface area contributed by atoms with Gasteiger partial charge < -0.3 is 9.05 Å². The van der Waals surface area contributed by atoms with Gasteiger partial charge in [0.1, 0.15) is 17.8 Å². The quantitative estimate of drug-likeness (QED) is 0.356. The summed E-state index contributed by atoms with van der Waals surface area (Å²) >= 11 is 0. The lowest BCUT2D eigenvalue weighted by molar-refractivity contribution is 0.374. The number of hydrogen-bond acceptors (Lipinski definition) is 7. The third-order valence-corrected chi connectivity index (χ3v) is 6.03. The Bertz CT molecular complexity index is 1050. The number of rotatable bonds is 10. The predicted octanol–water partition coefficient (Wildman–Crippen LogP) is 4.38. The molecular formula is C22H22N5O3P. The zero-order chi connectivity index (χ0) is 21.4. The molecule has 0 amide bonds. The van der Waals surface area contributed by atoms with Gasteiger partial charge in [0, 0.05) is 0 Å². The second-order valence-electron chi connectivity index (χ2n) is 6.81. The van der Waals surface area contributed by atoms with Crippen molar-refractivity contribution in [2.75, 3.05) is 6.29 Å². The summed E-state index contributed by atoms with van der Waals surface area (Å²) in [7, 11) is -3.62. The second-order valence-corrected chi connectivity index (χ2v) is 8.71. The van der Waals surface area contributed by atoms with E-state index >= 15 is 0 Å². The molecule has 4 rings (SSSR count). The van der Waals surface area contributed by atoms with Crippen molar-refractivity contribution in [1.29, 1.82) is 0 Å². The number of nitrogens with one attached hydrogen (secondary N) is 2. The summed E-state index contributed by atoms with van der Waals surface area (Å²) in [6.45, 7) is 0. The predicted molar refractivity (Wildman–Crippen MR) is 117 cm³/mol. The van der Waals surface area contributed by atoms with Gasteiger partial charge >= 0.3 is 7.60 Å². The molecule has 3 aromatic carbocycles. The lowest BCUT2D eigenvalue weighted by Crippen LogP contribution is -2.27. The first-order valence-corrected chi connectivity index (χ1v) is 11.5. The fraction of sp³-hybridized carbons (Fsp3) is 0.136. The van der Waals surface area contributed by atoms with Gasteiger partial charge in [-0.05, 0) is 46.7 Å². The number of nitrogens with zero attached hydrogens (tertiary/aromatic N) is 3. The molecule has 0 unspecified atom stereocenters. The molecule has 158 valence electrons. The van der Waals surface area contributed by atoms with E-state index in [1.807, 2.05) is 66.7 Å². The maximum atomic E-state index is 13.7. The van der Waals surface area contributed by atoms with E-state index in [1.54, 1.807) is 24.3 Å². The van der Waals surface area contributed by atoms with Crippen LogP contribution in [0.5, 0.6) is 11.5 Å². The molecule has 0 aliphatic heterocycles. The van der Waals surface area contributed by atoms with E-state index in [0.717, 1.165) is 5.56 Å². The van der Waals surface area contributed by atoms with Crippen LogP contribution in [0, 0.1) is 0 Å². The van der Waals surface area contributed by atoms with Crippen molar-refractivity contribution in [3.05, 3.63) is 102 Å². The van der Waals surface area contributed by atoms with E-state index in [4.69, 9.17) is 9.05 Å². The van der Waals surface area contributed by atoms with Crippen molar-refractivity contribution in [2.45, 2.75) is 12.5 Å². The summed E-state index contributed by atoms with van der Waals surface area (Å²) in [5.74, 6) is 1.46. The van der Waals surface area contributed by atoms with Crippen LogP contribution in [0.1, 0.15) is 17.4 Å². The molecule has 0 fully saturated rings. The molecule has 1 heterocycles. The van der Waals surface area contributed by atoms with Gasteiger partial charge in [-0.15, -0.1) is 5.10 Å². The molecule has 0 bridgehead atoms. The van der Waals surface area contributed by atoms with E-state index in [-0.39, 0.29) is 12.3 Å². The largest absolute Gasteiger partial charge is 0.444 e. The highest BCUT2D eigenvalue weighted by Gasteiger charge is 2.30. The van der Waals surface area contributed by atoms with Gasteiger partial charge in [0.25, 0.3) is 0 Å². The third kappa shape index (κ3) is 6.01. The number of aromatic nitrogens is 4. The minimum absolute atomic E-state index is 0.0466. The number of benzene rings is 3. The molecule has 0 aliphatic rings. The molecular weight excluding hydrogens is 413 g/mol.